The summed E-state index contributed by atoms with van der Waals surface area (Å²) in [7, 11) is 0. The van der Waals surface area contributed by atoms with Crippen LogP contribution < -0.4 is 5.73 Å². The van der Waals surface area contributed by atoms with Crippen LogP contribution in [0.3, 0.4) is 0 Å². The molecule has 1 aromatic heterocycles. The summed E-state index contributed by atoms with van der Waals surface area (Å²) in [6.07, 6.45) is 6.38. The summed E-state index contributed by atoms with van der Waals surface area (Å²) in [6.45, 7) is 1.51. The van der Waals surface area contributed by atoms with E-state index in [0.29, 0.717) is 19.7 Å². The quantitative estimate of drug-likeness (QED) is 0.733. The van der Waals surface area contributed by atoms with Crippen LogP contribution in [-0.4, -0.2) is 34.1 Å². The van der Waals surface area contributed by atoms with Gasteiger partial charge in [0.1, 0.15) is 0 Å². The molecule has 0 aliphatic heterocycles. The molecule has 1 aliphatic rings. The number of hydrogen-bond donors (Lipinski definition) is 1. The number of aromatic nitrogens is 3. The third-order valence-corrected chi connectivity index (χ3v) is 3.09. The fourth-order valence-corrected chi connectivity index (χ4v) is 1.81. The lowest BCUT2D eigenvalue weighted by molar-refractivity contribution is 0.0457. The standard InChI is InChI=1S/C11H18N4O2/c12-5-6-15-8-10(13-14-15)11(16)17-7-4-9-2-1-3-9/h8-9H,1-7,12H2. The van der Waals surface area contributed by atoms with Gasteiger partial charge in [0, 0.05) is 6.54 Å². The molecule has 0 amide bonds. The minimum Gasteiger partial charge on any atom is -0.461 e. The Morgan fingerprint density at radius 3 is 3.06 bits per heavy atom. The zero-order chi connectivity index (χ0) is 12.1. The van der Waals surface area contributed by atoms with Crippen LogP contribution in [-0.2, 0) is 11.3 Å². The summed E-state index contributed by atoms with van der Waals surface area (Å²) in [6, 6.07) is 0. The van der Waals surface area contributed by atoms with Crippen LogP contribution in [0.2, 0.25) is 0 Å². The molecule has 6 nitrogen and oxygen atoms in total. The maximum Gasteiger partial charge on any atom is 0.360 e. The van der Waals surface area contributed by atoms with Gasteiger partial charge >= 0.3 is 5.97 Å². The van der Waals surface area contributed by atoms with Gasteiger partial charge in [-0.2, -0.15) is 0 Å². The molecule has 0 bridgehead atoms. The van der Waals surface area contributed by atoms with Crippen LogP contribution in [0.5, 0.6) is 0 Å². The largest absolute Gasteiger partial charge is 0.461 e. The number of esters is 1. The normalized spacial score (nSPS) is 15.6. The summed E-state index contributed by atoms with van der Waals surface area (Å²) < 4.78 is 6.68. The van der Waals surface area contributed by atoms with Gasteiger partial charge < -0.3 is 10.5 Å². The van der Waals surface area contributed by atoms with Crippen LogP contribution in [0.25, 0.3) is 0 Å². The van der Waals surface area contributed by atoms with Gasteiger partial charge in [0.25, 0.3) is 0 Å². The second kappa shape index (κ2) is 5.77. The third-order valence-electron chi connectivity index (χ3n) is 3.09. The Kier molecular flexibility index (Phi) is 4.08. The number of nitrogens with zero attached hydrogens (tertiary/aromatic N) is 3. The summed E-state index contributed by atoms with van der Waals surface area (Å²) in [5, 5.41) is 7.53. The zero-order valence-electron chi connectivity index (χ0n) is 9.84. The van der Waals surface area contributed by atoms with Gasteiger partial charge in [-0.25, -0.2) is 4.79 Å². The Morgan fingerprint density at radius 2 is 2.41 bits per heavy atom. The highest BCUT2D eigenvalue weighted by molar-refractivity contribution is 5.86. The van der Waals surface area contributed by atoms with Gasteiger partial charge in [0.05, 0.1) is 19.3 Å². The summed E-state index contributed by atoms with van der Waals surface area (Å²) in [5.74, 6) is 0.350. The van der Waals surface area contributed by atoms with Crippen LogP contribution in [0.4, 0.5) is 0 Å². The molecule has 0 radical (unpaired) electrons. The summed E-state index contributed by atoms with van der Waals surface area (Å²) >= 11 is 0. The maximum atomic E-state index is 11.6. The molecule has 0 aromatic carbocycles. The monoisotopic (exact) mass is 238 g/mol. The van der Waals surface area contributed by atoms with Crippen molar-refractivity contribution in [1.82, 2.24) is 15.0 Å². The molecule has 1 aromatic rings. The first-order chi connectivity index (χ1) is 8.29. The lowest BCUT2D eigenvalue weighted by atomic mass is 9.83. The van der Waals surface area contributed by atoms with Gasteiger partial charge in [0.15, 0.2) is 5.69 Å². The van der Waals surface area contributed by atoms with Crippen molar-refractivity contribution < 1.29 is 9.53 Å². The minimum atomic E-state index is -0.396. The van der Waals surface area contributed by atoms with Crippen LogP contribution >= 0.6 is 0 Å². The molecule has 0 unspecified atom stereocenters. The molecule has 1 fully saturated rings. The van der Waals surface area contributed by atoms with Gasteiger partial charge in [-0.05, 0) is 12.3 Å². The van der Waals surface area contributed by atoms with Crippen molar-refractivity contribution >= 4 is 5.97 Å². The van der Waals surface area contributed by atoms with Crippen molar-refractivity contribution in [1.29, 1.82) is 0 Å². The van der Waals surface area contributed by atoms with E-state index in [2.05, 4.69) is 10.3 Å². The van der Waals surface area contributed by atoms with Gasteiger partial charge in [-0.3, -0.25) is 4.68 Å². The number of ether oxygens (including phenoxy) is 1. The van der Waals surface area contributed by atoms with E-state index in [9.17, 15) is 4.79 Å². The van der Waals surface area contributed by atoms with Crippen molar-refractivity contribution in [2.75, 3.05) is 13.2 Å². The first kappa shape index (κ1) is 12.0. The van der Waals surface area contributed by atoms with Gasteiger partial charge in [0.2, 0.25) is 0 Å². The molecular weight excluding hydrogens is 220 g/mol. The molecule has 0 saturated heterocycles. The van der Waals surface area contributed by atoms with E-state index >= 15 is 0 Å². The van der Waals surface area contributed by atoms with Crippen LogP contribution in [0.1, 0.15) is 36.2 Å². The average Bonchev–Trinajstić information content (AvgIpc) is 2.70. The zero-order valence-corrected chi connectivity index (χ0v) is 9.84. The number of carbonyl (C=O) groups excluding carboxylic acids is 1. The fourth-order valence-electron chi connectivity index (χ4n) is 1.81. The predicted molar refractivity (Wildman–Crippen MR) is 61.3 cm³/mol. The minimum absolute atomic E-state index is 0.257. The van der Waals surface area contributed by atoms with Crippen LogP contribution in [0.15, 0.2) is 6.20 Å². The maximum absolute atomic E-state index is 11.6. The Hall–Kier alpha value is -1.43. The lowest BCUT2D eigenvalue weighted by Crippen LogP contribution is -2.15. The van der Waals surface area contributed by atoms with Crippen molar-refractivity contribution in [3.8, 4) is 0 Å². The van der Waals surface area contributed by atoms with Crippen LogP contribution in [0, 0.1) is 5.92 Å². The van der Waals surface area contributed by atoms with Crippen molar-refractivity contribution in [2.45, 2.75) is 32.2 Å². The molecule has 1 saturated carbocycles. The number of carbonyl (C=O) groups is 1. The van der Waals surface area contributed by atoms with E-state index in [1.165, 1.54) is 19.3 Å². The van der Waals surface area contributed by atoms with E-state index in [1.807, 2.05) is 0 Å². The molecule has 17 heavy (non-hydrogen) atoms. The lowest BCUT2D eigenvalue weighted by Gasteiger charge is -2.24. The predicted octanol–water partition coefficient (Wildman–Crippen LogP) is 0.584. The molecule has 2 N–H and O–H groups in total. The van der Waals surface area contributed by atoms with Gasteiger partial charge in [-0.15, -0.1) is 5.10 Å². The fraction of sp³-hybridized carbons (Fsp3) is 0.727. The highest BCUT2D eigenvalue weighted by Gasteiger charge is 2.18. The molecule has 94 valence electrons. The van der Waals surface area contributed by atoms with E-state index in [0.717, 1.165) is 12.3 Å². The smallest absolute Gasteiger partial charge is 0.360 e. The number of nitrogens with two attached hydrogens (primary N) is 1. The molecule has 0 atom stereocenters. The van der Waals surface area contributed by atoms with Crippen molar-refractivity contribution in [3.05, 3.63) is 11.9 Å². The topological polar surface area (TPSA) is 83.0 Å². The molecule has 2 rings (SSSR count). The Labute approximate surface area is 100 Å². The van der Waals surface area contributed by atoms with E-state index < -0.39 is 5.97 Å². The second-order valence-corrected chi connectivity index (χ2v) is 4.38. The molecule has 1 aliphatic carbocycles. The Balaban J connectivity index is 1.73. The first-order valence-electron chi connectivity index (χ1n) is 6.07. The molecular formula is C11H18N4O2. The number of hydrogen-bond acceptors (Lipinski definition) is 5. The van der Waals surface area contributed by atoms with E-state index in [1.54, 1.807) is 10.9 Å². The highest BCUT2D eigenvalue weighted by Crippen LogP contribution is 2.29. The molecule has 1 heterocycles. The van der Waals surface area contributed by atoms with E-state index in [4.69, 9.17) is 10.5 Å². The summed E-state index contributed by atoms with van der Waals surface area (Å²) in [4.78, 5) is 11.6. The third kappa shape index (κ3) is 3.26. The first-order valence-corrected chi connectivity index (χ1v) is 6.07. The number of rotatable bonds is 6. The average molecular weight is 238 g/mol. The molecule has 6 heteroatoms. The van der Waals surface area contributed by atoms with Gasteiger partial charge in [-0.1, -0.05) is 24.5 Å². The SMILES string of the molecule is NCCn1cc(C(=O)OCCC2CCC2)nn1. The Bertz CT molecular complexity index is 373. The summed E-state index contributed by atoms with van der Waals surface area (Å²) in [5.41, 5.74) is 5.63. The Morgan fingerprint density at radius 1 is 1.59 bits per heavy atom. The van der Waals surface area contributed by atoms with Crippen molar-refractivity contribution in [2.24, 2.45) is 11.7 Å². The van der Waals surface area contributed by atoms with E-state index in [-0.39, 0.29) is 5.69 Å². The highest BCUT2D eigenvalue weighted by atomic mass is 16.5. The van der Waals surface area contributed by atoms with Crippen molar-refractivity contribution in [3.63, 3.8) is 0 Å². The molecule has 0 spiro atoms. The second-order valence-electron chi connectivity index (χ2n) is 4.38.